The first-order valence-electron chi connectivity index (χ1n) is 3.49. The van der Waals surface area contributed by atoms with Gasteiger partial charge in [-0.05, 0) is 18.8 Å². The standard InChI is InChI=1S/C9H16/c1-5-8(3)7-9(4)6-2/h5,8H,1,4,6-7H2,2-3H3/t8-/m1/s1. The zero-order valence-corrected chi connectivity index (χ0v) is 6.48. The molecule has 0 spiro atoms. The average Bonchev–Trinajstić information content (AvgIpc) is 1.87. The Labute approximate surface area is 58.3 Å². The van der Waals surface area contributed by atoms with Gasteiger partial charge in [-0.25, -0.2) is 0 Å². The molecule has 0 bridgehead atoms. The fourth-order valence-corrected chi connectivity index (χ4v) is 0.683. The highest BCUT2D eigenvalue weighted by atomic mass is 14.0. The molecule has 0 nitrogen and oxygen atoms in total. The largest absolute Gasteiger partial charge is 0.103 e. The van der Waals surface area contributed by atoms with Gasteiger partial charge in [0.2, 0.25) is 0 Å². The second-order valence-electron chi connectivity index (χ2n) is 2.52. The smallest absolute Gasteiger partial charge is 0.0227 e. The number of rotatable bonds is 4. The first-order chi connectivity index (χ1) is 4.20. The molecule has 0 aliphatic rings. The van der Waals surface area contributed by atoms with Crippen molar-refractivity contribution in [2.24, 2.45) is 5.92 Å². The normalized spacial score (nSPS) is 12.7. The maximum atomic E-state index is 3.91. The highest BCUT2D eigenvalue weighted by Crippen LogP contribution is 2.12. The van der Waals surface area contributed by atoms with Crippen molar-refractivity contribution in [2.45, 2.75) is 26.7 Å². The molecule has 0 fully saturated rings. The molecule has 0 aliphatic heterocycles. The van der Waals surface area contributed by atoms with Crippen LogP contribution in [0, 0.1) is 5.92 Å². The molecule has 0 N–H and O–H groups in total. The van der Waals surface area contributed by atoms with Crippen LogP contribution >= 0.6 is 0 Å². The lowest BCUT2D eigenvalue weighted by Crippen LogP contribution is -1.89. The fraction of sp³-hybridized carbons (Fsp3) is 0.556. The van der Waals surface area contributed by atoms with E-state index in [0.717, 1.165) is 12.8 Å². The van der Waals surface area contributed by atoms with Crippen LogP contribution in [0.2, 0.25) is 0 Å². The van der Waals surface area contributed by atoms with Gasteiger partial charge in [-0.2, -0.15) is 0 Å². The van der Waals surface area contributed by atoms with Crippen LogP contribution in [0.1, 0.15) is 26.7 Å². The molecular weight excluding hydrogens is 108 g/mol. The summed E-state index contributed by atoms with van der Waals surface area (Å²) in [6, 6.07) is 0. The van der Waals surface area contributed by atoms with Crippen LogP contribution in [0.25, 0.3) is 0 Å². The first kappa shape index (κ1) is 8.48. The molecule has 9 heavy (non-hydrogen) atoms. The fourth-order valence-electron chi connectivity index (χ4n) is 0.683. The molecule has 0 rings (SSSR count). The van der Waals surface area contributed by atoms with Gasteiger partial charge in [-0.1, -0.05) is 32.1 Å². The lowest BCUT2D eigenvalue weighted by atomic mass is 10.0. The van der Waals surface area contributed by atoms with Gasteiger partial charge in [-0.15, -0.1) is 6.58 Å². The van der Waals surface area contributed by atoms with E-state index in [0.29, 0.717) is 5.92 Å². The maximum absolute atomic E-state index is 3.91. The highest BCUT2D eigenvalue weighted by molar-refractivity contribution is 4.96. The Morgan fingerprint density at radius 3 is 2.56 bits per heavy atom. The summed E-state index contributed by atoms with van der Waals surface area (Å²) in [7, 11) is 0. The summed E-state index contributed by atoms with van der Waals surface area (Å²) < 4.78 is 0. The lowest BCUT2D eigenvalue weighted by Gasteiger charge is -2.05. The second-order valence-corrected chi connectivity index (χ2v) is 2.52. The van der Waals surface area contributed by atoms with Gasteiger partial charge in [-0.3, -0.25) is 0 Å². The van der Waals surface area contributed by atoms with Crippen molar-refractivity contribution in [2.75, 3.05) is 0 Å². The zero-order valence-electron chi connectivity index (χ0n) is 6.48. The molecule has 0 heterocycles. The minimum atomic E-state index is 0.595. The van der Waals surface area contributed by atoms with E-state index in [1.54, 1.807) is 0 Å². The van der Waals surface area contributed by atoms with Crippen LogP contribution in [-0.2, 0) is 0 Å². The van der Waals surface area contributed by atoms with E-state index in [-0.39, 0.29) is 0 Å². The Morgan fingerprint density at radius 1 is 1.67 bits per heavy atom. The molecule has 0 amide bonds. The highest BCUT2D eigenvalue weighted by Gasteiger charge is 1.96. The third-order valence-electron chi connectivity index (χ3n) is 1.51. The predicted molar refractivity (Wildman–Crippen MR) is 43.4 cm³/mol. The van der Waals surface area contributed by atoms with Crippen molar-refractivity contribution < 1.29 is 0 Å². The molecular formula is C9H16. The van der Waals surface area contributed by atoms with E-state index < -0.39 is 0 Å². The average molecular weight is 124 g/mol. The predicted octanol–water partition coefficient (Wildman–Crippen LogP) is 3.16. The lowest BCUT2D eigenvalue weighted by molar-refractivity contribution is 0.703. The van der Waals surface area contributed by atoms with Crippen molar-refractivity contribution in [3.63, 3.8) is 0 Å². The molecule has 0 radical (unpaired) electrons. The summed E-state index contributed by atoms with van der Waals surface area (Å²) in [6.45, 7) is 11.9. The van der Waals surface area contributed by atoms with Gasteiger partial charge in [0.05, 0.1) is 0 Å². The van der Waals surface area contributed by atoms with E-state index in [9.17, 15) is 0 Å². The van der Waals surface area contributed by atoms with Gasteiger partial charge in [0.15, 0.2) is 0 Å². The molecule has 0 heteroatoms. The molecule has 0 aromatic heterocycles. The van der Waals surface area contributed by atoms with Gasteiger partial charge >= 0.3 is 0 Å². The van der Waals surface area contributed by atoms with Gasteiger partial charge < -0.3 is 0 Å². The monoisotopic (exact) mass is 124 g/mol. The maximum Gasteiger partial charge on any atom is -0.0227 e. The molecule has 0 saturated heterocycles. The molecule has 52 valence electrons. The van der Waals surface area contributed by atoms with Crippen LogP contribution in [0.5, 0.6) is 0 Å². The van der Waals surface area contributed by atoms with Crippen LogP contribution in [0.4, 0.5) is 0 Å². The number of allylic oxidation sites excluding steroid dienone is 2. The molecule has 0 saturated carbocycles. The van der Waals surface area contributed by atoms with E-state index in [2.05, 4.69) is 27.0 Å². The van der Waals surface area contributed by atoms with E-state index in [4.69, 9.17) is 0 Å². The van der Waals surface area contributed by atoms with Crippen molar-refractivity contribution in [3.8, 4) is 0 Å². The van der Waals surface area contributed by atoms with Crippen LogP contribution in [0.3, 0.4) is 0 Å². The molecule has 0 unspecified atom stereocenters. The third kappa shape index (κ3) is 4.01. The van der Waals surface area contributed by atoms with Gasteiger partial charge in [0.1, 0.15) is 0 Å². The van der Waals surface area contributed by atoms with Crippen molar-refractivity contribution in [1.29, 1.82) is 0 Å². The Kier molecular flexibility index (Phi) is 4.12. The minimum Gasteiger partial charge on any atom is -0.103 e. The molecule has 1 atom stereocenters. The molecule has 0 aromatic rings. The Balaban J connectivity index is 3.46. The summed E-state index contributed by atoms with van der Waals surface area (Å²) in [6.07, 6.45) is 4.17. The van der Waals surface area contributed by atoms with E-state index in [1.165, 1.54) is 5.57 Å². The molecule has 0 aliphatic carbocycles. The van der Waals surface area contributed by atoms with Gasteiger partial charge in [0.25, 0.3) is 0 Å². The Hall–Kier alpha value is -0.520. The summed E-state index contributed by atoms with van der Waals surface area (Å²) in [4.78, 5) is 0. The van der Waals surface area contributed by atoms with Crippen LogP contribution in [-0.4, -0.2) is 0 Å². The van der Waals surface area contributed by atoms with Gasteiger partial charge in [0, 0.05) is 0 Å². The van der Waals surface area contributed by atoms with Crippen LogP contribution in [0.15, 0.2) is 24.8 Å². The number of hydrogen-bond donors (Lipinski definition) is 0. The SMILES string of the molecule is C=C[C@@H](C)CC(=C)CC. The van der Waals surface area contributed by atoms with Crippen LogP contribution < -0.4 is 0 Å². The van der Waals surface area contributed by atoms with Crippen molar-refractivity contribution in [3.05, 3.63) is 24.8 Å². The summed E-state index contributed by atoms with van der Waals surface area (Å²) >= 11 is 0. The zero-order chi connectivity index (χ0) is 7.28. The van der Waals surface area contributed by atoms with Crippen molar-refractivity contribution >= 4 is 0 Å². The quantitative estimate of drug-likeness (QED) is 0.505. The second kappa shape index (κ2) is 4.37. The summed E-state index contributed by atoms with van der Waals surface area (Å²) in [5, 5.41) is 0. The molecule has 0 aromatic carbocycles. The summed E-state index contributed by atoms with van der Waals surface area (Å²) in [5.74, 6) is 0.595. The Morgan fingerprint density at radius 2 is 2.22 bits per heavy atom. The third-order valence-corrected chi connectivity index (χ3v) is 1.51. The van der Waals surface area contributed by atoms with E-state index >= 15 is 0 Å². The minimum absolute atomic E-state index is 0.595. The topological polar surface area (TPSA) is 0 Å². The Bertz CT molecular complexity index is 101. The summed E-state index contributed by atoms with van der Waals surface area (Å²) in [5.41, 5.74) is 1.32. The van der Waals surface area contributed by atoms with Crippen molar-refractivity contribution in [1.82, 2.24) is 0 Å². The first-order valence-corrected chi connectivity index (χ1v) is 3.49. The number of hydrogen-bond acceptors (Lipinski definition) is 0. The van der Waals surface area contributed by atoms with E-state index in [1.807, 2.05) is 6.08 Å².